The predicted molar refractivity (Wildman–Crippen MR) is 220 cm³/mol. The summed E-state index contributed by atoms with van der Waals surface area (Å²) in [6.07, 6.45) is 2.74. The van der Waals surface area contributed by atoms with E-state index in [4.69, 9.17) is 4.99 Å². The van der Waals surface area contributed by atoms with E-state index in [0.717, 1.165) is 44.8 Å². The zero-order chi connectivity index (χ0) is 38.9. The van der Waals surface area contributed by atoms with Gasteiger partial charge in [0.05, 0.1) is 35.5 Å². The minimum Gasteiger partial charge on any atom is -0.369 e. The number of aliphatic hydroxyl groups is 1. The molecule has 1 unspecified atom stereocenters. The van der Waals surface area contributed by atoms with Gasteiger partial charge in [-0.15, -0.1) is 0 Å². The number of nitrogens with zero attached hydrogens (tertiary/aromatic N) is 6. The predicted octanol–water partition coefficient (Wildman–Crippen LogP) is 7.62. The lowest BCUT2D eigenvalue weighted by Gasteiger charge is -2.35. The number of carbonyl (C=O) groups is 2. The standard InChI is InChI=1S/C44H41N9O3/c1-26-10-8-9-13-30(26)20-37-42(55)50-36-21-31(16-19-35(36)39(49-37)29-11-6-5-7-12-29)41(54)47-33-17-14-27(2)38(22-33)53-25-32-23-46-43(51-40(32)52(4)44(53)56)48-34-18-15-28(3)45-24-34/h5-19,21-24,37,41,47,54H,20,25H2,1-4H3,(H,50,55)(H,46,48,51)/t37-,41?/m0/s1. The molecule has 0 spiro atoms. The van der Waals surface area contributed by atoms with Crippen molar-refractivity contribution in [1.29, 1.82) is 0 Å². The van der Waals surface area contributed by atoms with Gasteiger partial charge in [-0.3, -0.25) is 24.6 Å². The zero-order valence-electron chi connectivity index (χ0n) is 31.5. The number of aromatic nitrogens is 3. The summed E-state index contributed by atoms with van der Waals surface area (Å²) in [4.78, 5) is 49.2. The minimum absolute atomic E-state index is 0.220. The molecule has 4 N–H and O–H groups in total. The first-order valence-corrected chi connectivity index (χ1v) is 18.4. The van der Waals surface area contributed by atoms with Gasteiger partial charge >= 0.3 is 6.03 Å². The Labute approximate surface area is 325 Å². The molecule has 0 bridgehead atoms. The number of anilines is 6. The number of benzene rings is 4. The van der Waals surface area contributed by atoms with Gasteiger partial charge in [0.1, 0.15) is 11.9 Å². The van der Waals surface area contributed by atoms with E-state index in [1.165, 1.54) is 4.90 Å². The highest BCUT2D eigenvalue weighted by Gasteiger charge is 2.32. The topological polar surface area (TPSA) is 148 Å². The van der Waals surface area contributed by atoms with Gasteiger partial charge in [-0.1, -0.05) is 72.8 Å². The van der Waals surface area contributed by atoms with Crippen LogP contribution in [0.1, 0.15) is 50.9 Å². The molecule has 0 aliphatic carbocycles. The summed E-state index contributed by atoms with van der Waals surface area (Å²) in [6, 6.07) is 31.8. The zero-order valence-corrected chi connectivity index (χ0v) is 31.5. The van der Waals surface area contributed by atoms with Crippen LogP contribution in [0.2, 0.25) is 0 Å². The lowest BCUT2D eigenvalue weighted by Crippen LogP contribution is -2.46. The Morgan fingerprint density at radius 3 is 2.43 bits per heavy atom. The van der Waals surface area contributed by atoms with Crippen molar-refractivity contribution in [3.05, 3.63) is 160 Å². The Morgan fingerprint density at radius 1 is 0.857 bits per heavy atom. The van der Waals surface area contributed by atoms with Gasteiger partial charge in [-0.05, 0) is 67.8 Å². The molecule has 2 aromatic heterocycles. The maximum atomic E-state index is 13.8. The summed E-state index contributed by atoms with van der Waals surface area (Å²) in [6.45, 7) is 6.15. The summed E-state index contributed by atoms with van der Waals surface area (Å²) in [7, 11) is 1.69. The van der Waals surface area contributed by atoms with Crippen molar-refractivity contribution in [2.75, 3.05) is 32.8 Å². The number of nitrogens with one attached hydrogen (secondary N) is 3. The molecule has 0 saturated heterocycles. The van der Waals surface area contributed by atoms with Crippen molar-refractivity contribution in [2.45, 2.75) is 46.0 Å². The average Bonchev–Trinajstić information content (AvgIpc) is 3.34. The SMILES string of the molecule is Cc1ccc(Nc2ncc3c(n2)N(C)C(=O)N(c2cc(NC(O)c4ccc5c(c4)NC(=O)[C@H](Cc4ccccc4C)N=C5c4ccccc4)ccc2C)C3)cn1. The van der Waals surface area contributed by atoms with E-state index < -0.39 is 12.3 Å². The molecule has 2 atom stereocenters. The number of rotatable bonds is 9. The second-order valence-corrected chi connectivity index (χ2v) is 14.1. The number of urea groups is 1. The van der Waals surface area contributed by atoms with Gasteiger partial charge < -0.3 is 21.1 Å². The first-order valence-electron chi connectivity index (χ1n) is 18.4. The molecular weight excluding hydrogens is 703 g/mol. The lowest BCUT2D eigenvalue weighted by molar-refractivity contribution is -0.117. The van der Waals surface area contributed by atoms with E-state index >= 15 is 0 Å². The van der Waals surface area contributed by atoms with Crippen LogP contribution in [0.15, 0.2) is 121 Å². The van der Waals surface area contributed by atoms with Crippen LogP contribution >= 0.6 is 0 Å². The van der Waals surface area contributed by atoms with Crippen LogP contribution in [0.5, 0.6) is 0 Å². The third-order valence-electron chi connectivity index (χ3n) is 10.2. The molecule has 2 aliphatic rings. The van der Waals surface area contributed by atoms with Crippen LogP contribution in [-0.2, 0) is 17.8 Å². The smallest absolute Gasteiger partial charge is 0.330 e. The fourth-order valence-electron chi connectivity index (χ4n) is 7.01. The summed E-state index contributed by atoms with van der Waals surface area (Å²) >= 11 is 0. The van der Waals surface area contributed by atoms with E-state index in [2.05, 4.69) is 30.9 Å². The molecule has 3 amide bonds. The summed E-state index contributed by atoms with van der Waals surface area (Å²) in [5.41, 5.74) is 10.2. The Bertz CT molecular complexity index is 2490. The molecular formula is C44H41N9O3. The van der Waals surface area contributed by atoms with Crippen molar-refractivity contribution < 1.29 is 14.7 Å². The van der Waals surface area contributed by atoms with Crippen LogP contribution < -0.4 is 25.8 Å². The lowest BCUT2D eigenvalue weighted by atomic mass is 9.98. The summed E-state index contributed by atoms with van der Waals surface area (Å²) in [5.74, 6) is 0.660. The molecule has 12 nitrogen and oxygen atoms in total. The Morgan fingerprint density at radius 2 is 1.64 bits per heavy atom. The van der Waals surface area contributed by atoms with Gasteiger partial charge in [0, 0.05) is 53.3 Å². The van der Waals surface area contributed by atoms with E-state index in [1.807, 2.05) is 118 Å². The van der Waals surface area contributed by atoms with Crippen molar-refractivity contribution >= 4 is 52.2 Å². The van der Waals surface area contributed by atoms with Crippen LogP contribution in [0.4, 0.5) is 39.3 Å². The number of hydrogen-bond acceptors (Lipinski definition) is 9. The summed E-state index contributed by atoms with van der Waals surface area (Å²) in [5, 5.41) is 21.0. The first kappa shape index (κ1) is 36.1. The van der Waals surface area contributed by atoms with E-state index in [0.29, 0.717) is 46.5 Å². The fraction of sp³-hybridized carbons (Fsp3) is 0.182. The highest BCUT2D eigenvalue weighted by molar-refractivity contribution is 6.19. The molecule has 0 saturated carbocycles. The number of amides is 3. The summed E-state index contributed by atoms with van der Waals surface area (Å²) < 4.78 is 0. The average molecular weight is 744 g/mol. The third-order valence-corrected chi connectivity index (χ3v) is 10.2. The molecule has 4 aromatic carbocycles. The third kappa shape index (κ3) is 7.29. The normalized spacial score (nSPS) is 15.6. The number of carbonyl (C=O) groups excluding carboxylic acids is 2. The van der Waals surface area contributed by atoms with Crippen LogP contribution in [0.25, 0.3) is 0 Å². The molecule has 280 valence electrons. The Kier molecular flexibility index (Phi) is 9.71. The largest absolute Gasteiger partial charge is 0.369 e. The van der Waals surface area contributed by atoms with Crippen molar-refractivity contribution in [3.63, 3.8) is 0 Å². The van der Waals surface area contributed by atoms with E-state index in [9.17, 15) is 14.7 Å². The maximum Gasteiger partial charge on any atom is 0.330 e. The molecule has 0 fully saturated rings. The van der Waals surface area contributed by atoms with E-state index in [1.54, 1.807) is 30.4 Å². The molecule has 8 rings (SSSR count). The Hall–Kier alpha value is -6.92. The molecule has 4 heterocycles. The Balaban J connectivity index is 1.03. The monoisotopic (exact) mass is 743 g/mol. The molecule has 6 aromatic rings. The second-order valence-electron chi connectivity index (χ2n) is 14.1. The second kappa shape index (κ2) is 15.1. The van der Waals surface area contributed by atoms with Gasteiger partial charge in [0.2, 0.25) is 11.9 Å². The molecule has 12 heteroatoms. The van der Waals surface area contributed by atoms with Crippen molar-refractivity contribution in [2.24, 2.45) is 4.99 Å². The van der Waals surface area contributed by atoms with Gasteiger partial charge in [-0.2, -0.15) is 4.98 Å². The quantitative estimate of drug-likeness (QED) is 0.111. The maximum absolute atomic E-state index is 13.8. The van der Waals surface area contributed by atoms with Gasteiger partial charge in [-0.25, -0.2) is 9.78 Å². The molecule has 0 radical (unpaired) electrons. The van der Waals surface area contributed by atoms with Gasteiger partial charge in [0.15, 0.2) is 6.23 Å². The number of benzodiazepines with no additional fused rings is 1. The van der Waals surface area contributed by atoms with Crippen LogP contribution in [-0.4, -0.2) is 50.8 Å². The number of aliphatic hydroxyl groups excluding tert-OH is 1. The van der Waals surface area contributed by atoms with Crippen molar-refractivity contribution in [3.8, 4) is 0 Å². The van der Waals surface area contributed by atoms with Crippen LogP contribution in [0, 0.1) is 20.8 Å². The highest BCUT2D eigenvalue weighted by atomic mass is 16.3. The van der Waals surface area contributed by atoms with Gasteiger partial charge in [0.25, 0.3) is 0 Å². The van der Waals surface area contributed by atoms with E-state index in [-0.39, 0.29) is 18.5 Å². The fourth-order valence-corrected chi connectivity index (χ4v) is 7.01. The van der Waals surface area contributed by atoms with Crippen LogP contribution in [0.3, 0.4) is 0 Å². The highest BCUT2D eigenvalue weighted by Crippen LogP contribution is 2.35. The number of aryl methyl sites for hydroxylation is 3. The van der Waals surface area contributed by atoms with Crippen molar-refractivity contribution in [1.82, 2.24) is 15.0 Å². The molecule has 2 aliphatic heterocycles. The minimum atomic E-state index is -1.14. The number of pyridine rings is 1. The number of fused-ring (bicyclic) bond motifs is 2. The number of hydrogen-bond donors (Lipinski definition) is 4. The first-order chi connectivity index (χ1) is 27.1. The number of aliphatic imine (C=N–C) groups is 1. The molecule has 56 heavy (non-hydrogen) atoms.